The highest BCUT2D eigenvalue weighted by Crippen LogP contribution is 2.27. The molecule has 0 aromatic carbocycles. The predicted octanol–water partition coefficient (Wildman–Crippen LogP) is 2.32. The second kappa shape index (κ2) is 5.97. The Labute approximate surface area is 110 Å². The third kappa shape index (κ3) is 3.30. The first-order chi connectivity index (χ1) is 8.66. The lowest BCUT2D eigenvalue weighted by atomic mass is 10.2. The van der Waals surface area contributed by atoms with Crippen molar-refractivity contribution in [2.75, 3.05) is 25.6 Å². The molecule has 2 heterocycles. The number of hydrogen-bond donors (Lipinski definition) is 1. The highest BCUT2D eigenvalue weighted by Gasteiger charge is 2.08. The zero-order valence-electron chi connectivity index (χ0n) is 10.5. The maximum absolute atomic E-state index is 5.63. The standard InChI is InChI=1S/C12H17N3O2S/c1-8(2)7-16-4-5-17-10-9-3-6-18-11(9)15-12(13)14-10/h3,6,8H,4-5,7H2,1-2H3,(H2,13,14,15). The number of nitrogen functional groups attached to an aromatic ring is 1. The number of fused-ring (bicyclic) bond motifs is 1. The number of anilines is 1. The Balaban J connectivity index is 1.93. The molecule has 0 aliphatic rings. The summed E-state index contributed by atoms with van der Waals surface area (Å²) in [6, 6.07) is 1.93. The van der Waals surface area contributed by atoms with Crippen molar-refractivity contribution in [3.05, 3.63) is 11.4 Å². The number of nitrogens with zero attached hydrogens (tertiary/aromatic N) is 2. The van der Waals surface area contributed by atoms with Crippen LogP contribution in [0.15, 0.2) is 11.4 Å². The molecule has 0 atom stereocenters. The molecule has 0 radical (unpaired) electrons. The van der Waals surface area contributed by atoms with Gasteiger partial charge in [-0.2, -0.15) is 4.98 Å². The van der Waals surface area contributed by atoms with E-state index in [2.05, 4.69) is 23.8 Å². The van der Waals surface area contributed by atoms with E-state index >= 15 is 0 Å². The molecule has 2 aromatic rings. The normalized spacial score (nSPS) is 11.3. The average molecular weight is 267 g/mol. The van der Waals surface area contributed by atoms with Gasteiger partial charge in [0, 0.05) is 6.61 Å². The van der Waals surface area contributed by atoms with Crippen molar-refractivity contribution in [2.24, 2.45) is 5.92 Å². The van der Waals surface area contributed by atoms with Crippen molar-refractivity contribution < 1.29 is 9.47 Å². The molecule has 0 amide bonds. The van der Waals surface area contributed by atoms with Crippen LogP contribution in [-0.2, 0) is 4.74 Å². The molecule has 98 valence electrons. The van der Waals surface area contributed by atoms with Crippen molar-refractivity contribution in [3.8, 4) is 5.88 Å². The summed E-state index contributed by atoms with van der Waals surface area (Å²) in [4.78, 5) is 9.09. The van der Waals surface area contributed by atoms with Gasteiger partial charge in [-0.15, -0.1) is 11.3 Å². The van der Waals surface area contributed by atoms with E-state index in [0.717, 1.165) is 16.8 Å². The number of ether oxygens (including phenoxy) is 2. The number of rotatable bonds is 6. The van der Waals surface area contributed by atoms with Crippen LogP contribution in [0.4, 0.5) is 5.95 Å². The molecule has 18 heavy (non-hydrogen) atoms. The lowest BCUT2D eigenvalue weighted by Gasteiger charge is -2.09. The molecule has 2 aromatic heterocycles. The summed E-state index contributed by atoms with van der Waals surface area (Å²) < 4.78 is 11.0. The molecule has 0 saturated heterocycles. The Kier molecular flexibility index (Phi) is 4.33. The molecule has 6 heteroatoms. The summed E-state index contributed by atoms with van der Waals surface area (Å²) in [5.41, 5.74) is 5.63. The first-order valence-corrected chi connectivity index (χ1v) is 6.76. The lowest BCUT2D eigenvalue weighted by molar-refractivity contribution is 0.0811. The molecule has 0 aliphatic heterocycles. The Morgan fingerprint density at radius 2 is 2.17 bits per heavy atom. The van der Waals surface area contributed by atoms with E-state index in [4.69, 9.17) is 15.2 Å². The molecule has 5 nitrogen and oxygen atoms in total. The van der Waals surface area contributed by atoms with E-state index in [1.165, 1.54) is 11.3 Å². The lowest BCUT2D eigenvalue weighted by Crippen LogP contribution is -2.11. The molecule has 0 saturated carbocycles. The quantitative estimate of drug-likeness (QED) is 0.813. The van der Waals surface area contributed by atoms with E-state index in [-0.39, 0.29) is 5.95 Å². The summed E-state index contributed by atoms with van der Waals surface area (Å²) in [7, 11) is 0. The summed E-state index contributed by atoms with van der Waals surface area (Å²) in [5, 5.41) is 2.85. The topological polar surface area (TPSA) is 70.3 Å². The predicted molar refractivity (Wildman–Crippen MR) is 73.0 cm³/mol. The number of hydrogen-bond acceptors (Lipinski definition) is 6. The molecule has 2 N–H and O–H groups in total. The minimum Gasteiger partial charge on any atom is -0.475 e. The Hall–Kier alpha value is -1.40. The van der Waals surface area contributed by atoms with Crippen LogP contribution in [-0.4, -0.2) is 29.8 Å². The van der Waals surface area contributed by atoms with Gasteiger partial charge in [-0.1, -0.05) is 13.8 Å². The van der Waals surface area contributed by atoms with Gasteiger partial charge in [0.05, 0.1) is 12.0 Å². The second-order valence-corrected chi connectivity index (χ2v) is 5.24. The molecular weight excluding hydrogens is 250 g/mol. The smallest absolute Gasteiger partial charge is 0.227 e. The van der Waals surface area contributed by atoms with E-state index in [0.29, 0.717) is 25.0 Å². The van der Waals surface area contributed by atoms with Crippen LogP contribution in [0.5, 0.6) is 5.88 Å². The fourth-order valence-electron chi connectivity index (χ4n) is 1.47. The Bertz CT molecular complexity index is 513. The molecule has 0 spiro atoms. The molecule has 2 rings (SSSR count). The van der Waals surface area contributed by atoms with Gasteiger partial charge in [0.2, 0.25) is 11.8 Å². The average Bonchev–Trinajstić information content (AvgIpc) is 2.75. The minimum atomic E-state index is 0.239. The van der Waals surface area contributed by atoms with Crippen molar-refractivity contribution >= 4 is 27.5 Å². The minimum absolute atomic E-state index is 0.239. The maximum atomic E-state index is 5.63. The number of thiophene rings is 1. The monoisotopic (exact) mass is 267 g/mol. The molecular formula is C12H17N3O2S. The van der Waals surface area contributed by atoms with Crippen LogP contribution in [0.25, 0.3) is 10.2 Å². The first-order valence-electron chi connectivity index (χ1n) is 5.88. The van der Waals surface area contributed by atoms with Gasteiger partial charge in [0.25, 0.3) is 0 Å². The van der Waals surface area contributed by atoms with Crippen molar-refractivity contribution in [1.29, 1.82) is 0 Å². The van der Waals surface area contributed by atoms with E-state index in [1.54, 1.807) is 0 Å². The van der Waals surface area contributed by atoms with Gasteiger partial charge >= 0.3 is 0 Å². The molecule has 0 fully saturated rings. The van der Waals surface area contributed by atoms with Crippen LogP contribution in [0.1, 0.15) is 13.8 Å². The van der Waals surface area contributed by atoms with E-state index < -0.39 is 0 Å². The van der Waals surface area contributed by atoms with E-state index in [9.17, 15) is 0 Å². The second-order valence-electron chi connectivity index (χ2n) is 4.34. The third-order valence-corrected chi connectivity index (χ3v) is 3.03. The van der Waals surface area contributed by atoms with Gasteiger partial charge in [-0.3, -0.25) is 0 Å². The van der Waals surface area contributed by atoms with Gasteiger partial charge in [-0.25, -0.2) is 4.98 Å². The van der Waals surface area contributed by atoms with Crippen molar-refractivity contribution in [1.82, 2.24) is 9.97 Å². The molecule has 0 aliphatic carbocycles. The largest absolute Gasteiger partial charge is 0.475 e. The van der Waals surface area contributed by atoms with Gasteiger partial charge in [-0.05, 0) is 17.4 Å². The van der Waals surface area contributed by atoms with Crippen LogP contribution in [0, 0.1) is 5.92 Å². The zero-order valence-corrected chi connectivity index (χ0v) is 11.4. The van der Waals surface area contributed by atoms with Gasteiger partial charge < -0.3 is 15.2 Å². The fourth-order valence-corrected chi connectivity index (χ4v) is 2.23. The molecule has 0 bridgehead atoms. The maximum Gasteiger partial charge on any atom is 0.227 e. The Morgan fingerprint density at radius 1 is 1.33 bits per heavy atom. The summed E-state index contributed by atoms with van der Waals surface area (Å²) >= 11 is 1.52. The number of nitrogens with two attached hydrogens (primary N) is 1. The Morgan fingerprint density at radius 3 is 2.94 bits per heavy atom. The van der Waals surface area contributed by atoms with Crippen LogP contribution in [0.2, 0.25) is 0 Å². The third-order valence-electron chi connectivity index (χ3n) is 2.23. The summed E-state index contributed by atoms with van der Waals surface area (Å²) in [6.07, 6.45) is 0. The molecule has 0 unspecified atom stereocenters. The summed E-state index contributed by atoms with van der Waals surface area (Å²) in [6.45, 7) is 5.98. The zero-order chi connectivity index (χ0) is 13.0. The SMILES string of the molecule is CC(C)COCCOc1nc(N)nc2sccc12. The van der Waals surface area contributed by atoms with Crippen molar-refractivity contribution in [3.63, 3.8) is 0 Å². The van der Waals surface area contributed by atoms with Crippen molar-refractivity contribution in [2.45, 2.75) is 13.8 Å². The van der Waals surface area contributed by atoms with Gasteiger partial charge in [0.15, 0.2) is 0 Å². The highest BCUT2D eigenvalue weighted by atomic mass is 32.1. The van der Waals surface area contributed by atoms with E-state index in [1.807, 2.05) is 11.4 Å². The highest BCUT2D eigenvalue weighted by molar-refractivity contribution is 7.16. The van der Waals surface area contributed by atoms with Crippen LogP contribution >= 0.6 is 11.3 Å². The van der Waals surface area contributed by atoms with Gasteiger partial charge in [0.1, 0.15) is 11.4 Å². The summed E-state index contributed by atoms with van der Waals surface area (Å²) in [5.74, 6) is 1.30. The fraction of sp³-hybridized carbons (Fsp3) is 0.500. The first kappa shape index (κ1) is 13.0. The number of aromatic nitrogens is 2. The van der Waals surface area contributed by atoms with Crippen LogP contribution in [0.3, 0.4) is 0 Å². The van der Waals surface area contributed by atoms with Crippen LogP contribution < -0.4 is 10.5 Å².